The van der Waals surface area contributed by atoms with Crippen LogP contribution in [-0.2, 0) is 19.1 Å². The molecule has 8 heteroatoms. The number of aliphatic carboxylic acids is 1. The molecule has 0 aliphatic carbocycles. The maximum absolute atomic E-state index is 12.9. The molecule has 3 rings (SSSR count). The molecule has 140 valence electrons. The van der Waals surface area contributed by atoms with Crippen LogP contribution in [0.2, 0.25) is 0 Å². The van der Waals surface area contributed by atoms with E-state index in [0.29, 0.717) is 18.0 Å². The van der Waals surface area contributed by atoms with Gasteiger partial charge in [0.15, 0.2) is 6.10 Å². The van der Waals surface area contributed by atoms with Crippen molar-refractivity contribution in [2.45, 2.75) is 25.6 Å². The van der Waals surface area contributed by atoms with Gasteiger partial charge in [0.1, 0.15) is 5.75 Å². The van der Waals surface area contributed by atoms with Gasteiger partial charge in [-0.15, -0.1) is 0 Å². The van der Waals surface area contributed by atoms with E-state index in [1.165, 1.54) is 12.0 Å². The molecule has 0 bridgehead atoms. The molecule has 1 aromatic carbocycles. The van der Waals surface area contributed by atoms with Crippen LogP contribution in [-0.4, -0.2) is 66.7 Å². The number of methoxy groups -OCH3 is 1. The van der Waals surface area contributed by atoms with Crippen molar-refractivity contribution < 1.29 is 29.0 Å². The van der Waals surface area contributed by atoms with Gasteiger partial charge in [-0.3, -0.25) is 9.59 Å². The molecular formula is C18H22N2O6. The van der Waals surface area contributed by atoms with Crippen molar-refractivity contribution in [2.24, 2.45) is 5.92 Å². The number of morpholine rings is 1. The predicted molar refractivity (Wildman–Crippen MR) is 92.0 cm³/mol. The lowest BCUT2D eigenvalue weighted by Gasteiger charge is -2.36. The number of amides is 2. The summed E-state index contributed by atoms with van der Waals surface area (Å²) >= 11 is 0. The van der Waals surface area contributed by atoms with Crippen LogP contribution in [0.1, 0.15) is 13.3 Å². The second-order valence-electron chi connectivity index (χ2n) is 6.59. The van der Waals surface area contributed by atoms with Crippen LogP contribution in [0, 0.1) is 5.92 Å². The van der Waals surface area contributed by atoms with E-state index in [9.17, 15) is 19.5 Å². The maximum Gasteiger partial charge on any atom is 0.334 e. The lowest BCUT2D eigenvalue weighted by atomic mass is 10.1. The fourth-order valence-corrected chi connectivity index (χ4v) is 3.48. The number of carboxylic acids is 1. The Morgan fingerprint density at radius 2 is 1.96 bits per heavy atom. The highest BCUT2D eigenvalue weighted by Crippen LogP contribution is 2.33. The van der Waals surface area contributed by atoms with Crippen molar-refractivity contribution in [2.75, 3.05) is 31.6 Å². The second kappa shape index (κ2) is 7.33. The molecule has 0 saturated carbocycles. The summed E-state index contributed by atoms with van der Waals surface area (Å²) in [6.45, 7) is 2.30. The van der Waals surface area contributed by atoms with E-state index in [4.69, 9.17) is 9.47 Å². The zero-order valence-corrected chi connectivity index (χ0v) is 14.8. The van der Waals surface area contributed by atoms with Gasteiger partial charge in [-0.2, -0.15) is 0 Å². The van der Waals surface area contributed by atoms with Crippen LogP contribution in [0.15, 0.2) is 24.3 Å². The number of benzene rings is 1. The Hall–Kier alpha value is -2.61. The smallest absolute Gasteiger partial charge is 0.334 e. The molecule has 2 heterocycles. The summed E-state index contributed by atoms with van der Waals surface area (Å²) in [6.07, 6.45) is -1.30. The van der Waals surface area contributed by atoms with E-state index >= 15 is 0 Å². The molecule has 2 unspecified atom stereocenters. The van der Waals surface area contributed by atoms with Crippen molar-refractivity contribution in [1.82, 2.24) is 4.90 Å². The molecule has 0 radical (unpaired) electrons. The normalized spacial score (nSPS) is 26.1. The Bertz CT molecular complexity index is 721. The molecule has 2 amide bonds. The van der Waals surface area contributed by atoms with Gasteiger partial charge in [0.05, 0.1) is 31.4 Å². The average Bonchev–Trinajstić information content (AvgIpc) is 3.02. The lowest BCUT2D eigenvalue weighted by Crippen LogP contribution is -2.53. The van der Waals surface area contributed by atoms with Crippen molar-refractivity contribution in [3.8, 4) is 5.75 Å². The summed E-state index contributed by atoms with van der Waals surface area (Å²) in [5.74, 6) is -1.39. The lowest BCUT2D eigenvalue weighted by molar-refractivity contribution is -0.167. The minimum atomic E-state index is -1.09. The molecule has 2 fully saturated rings. The number of carboxylic acid groups (broad SMARTS) is 1. The first kappa shape index (κ1) is 18.2. The Morgan fingerprint density at radius 3 is 2.65 bits per heavy atom. The summed E-state index contributed by atoms with van der Waals surface area (Å²) in [7, 11) is 1.53. The van der Waals surface area contributed by atoms with Crippen LogP contribution in [0.3, 0.4) is 0 Å². The minimum Gasteiger partial charge on any atom is -0.495 e. The number of carbonyl (C=O) groups is 3. The first-order chi connectivity index (χ1) is 12.4. The van der Waals surface area contributed by atoms with Crippen molar-refractivity contribution >= 4 is 23.5 Å². The number of rotatable bonds is 4. The molecule has 8 nitrogen and oxygen atoms in total. The van der Waals surface area contributed by atoms with E-state index in [0.717, 1.165) is 0 Å². The largest absolute Gasteiger partial charge is 0.495 e. The van der Waals surface area contributed by atoms with E-state index in [2.05, 4.69) is 0 Å². The van der Waals surface area contributed by atoms with Gasteiger partial charge in [-0.25, -0.2) is 4.79 Å². The first-order valence-electron chi connectivity index (χ1n) is 8.51. The third-order valence-corrected chi connectivity index (χ3v) is 4.70. The zero-order chi connectivity index (χ0) is 18.8. The number of hydrogen-bond acceptors (Lipinski definition) is 5. The minimum absolute atomic E-state index is 0.00213. The topological polar surface area (TPSA) is 96.4 Å². The van der Waals surface area contributed by atoms with Gasteiger partial charge >= 0.3 is 5.97 Å². The number of ether oxygens (including phenoxy) is 2. The molecular weight excluding hydrogens is 340 g/mol. The van der Waals surface area contributed by atoms with Gasteiger partial charge < -0.3 is 24.4 Å². The highest BCUT2D eigenvalue weighted by atomic mass is 16.5. The Labute approximate surface area is 151 Å². The SMILES string of the molecule is COc1ccccc1N1CC(C(=O)N2CC(C(=O)O)O[C@H](C)C2)CC1=O. The average molecular weight is 362 g/mol. The summed E-state index contributed by atoms with van der Waals surface area (Å²) in [5.41, 5.74) is 0.633. The van der Waals surface area contributed by atoms with Gasteiger partial charge in [-0.1, -0.05) is 12.1 Å². The summed E-state index contributed by atoms with van der Waals surface area (Å²) in [4.78, 5) is 39.6. The van der Waals surface area contributed by atoms with E-state index in [1.54, 1.807) is 30.0 Å². The molecule has 1 N–H and O–H groups in total. The molecule has 2 aliphatic heterocycles. The van der Waals surface area contributed by atoms with E-state index in [-0.39, 0.29) is 37.4 Å². The number of para-hydroxylation sites is 2. The zero-order valence-electron chi connectivity index (χ0n) is 14.8. The van der Waals surface area contributed by atoms with Gasteiger partial charge in [0, 0.05) is 19.5 Å². The number of nitrogens with zero attached hydrogens (tertiary/aromatic N) is 2. The van der Waals surface area contributed by atoms with Crippen molar-refractivity contribution in [3.05, 3.63) is 24.3 Å². The summed E-state index contributed by atoms with van der Waals surface area (Å²) in [6, 6.07) is 7.16. The number of hydrogen-bond donors (Lipinski definition) is 1. The monoisotopic (exact) mass is 362 g/mol. The molecule has 2 saturated heterocycles. The molecule has 3 atom stereocenters. The third-order valence-electron chi connectivity index (χ3n) is 4.70. The van der Waals surface area contributed by atoms with Gasteiger partial charge in [0.25, 0.3) is 0 Å². The van der Waals surface area contributed by atoms with E-state index in [1.807, 2.05) is 6.07 Å². The summed E-state index contributed by atoms with van der Waals surface area (Å²) < 4.78 is 10.6. The Morgan fingerprint density at radius 1 is 1.23 bits per heavy atom. The standard InChI is InChI=1S/C18H22N2O6/c1-11-8-19(10-15(26-11)18(23)24)17(22)12-7-16(21)20(9-12)13-5-3-4-6-14(13)25-2/h3-6,11-12,15H,7-10H2,1-2H3,(H,23,24)/t11-,12?,15?/m1/s1. The predicted octanol–water partition coefficient (Wildman–Crippen LogP) is 0.749. The quantitative estimate of drug-likeness (QED) is 0.849. The Balaban J connectivity index is 1.74. The van der Waals surface area contributed by atoms with Gasteiger partial charge in [0.2, 0.25) is 11.8 Å². The number of carbonyl (C=O) groups excluding carboxylic acids is 2. The van der Waals surface area contributed by atoms with Crippen LogP contribution < -0.4 is 9.64 Å². The summed E-state index contributed by atoms with van der Waals surface area (Å²) in [5, 5.41) is 9.17. The third kappa shape index (κ3) is 3.50. The molecule has 0 aromatic heterocycles. The fraction of sp³-hybridized carbons (Fsp3) is 0.500. The molecule has 0 spiro atoms. The molecule has 26 heavy (non-hydrogen) atoms. The van der Waals surface area contributed by atoms with Crippen molar-refractivity contribution in [3.63, 3.8) is 0 Å². The fourth-order valence-electron chi connectivity index (χ4n) is 3.48. The highest BCUT2D eigenvalue weighted by molar-refractivity contribution is 6.01. The maximum atomic E-state index is 12.9. The van der Waals surface area contributed by atoms with Crippen LogP contribution in [0.4, 0.5) is 5.69 Å². The van der Waals surface area contributed by atoms with Crippen molar-refractivity contribution in [1.29, 1.82) is 0 Å². The number of anilines is 1. The van der Waals surface area contributed by atoms with E-state index < -0.39 is 18.0 Å². The second-order valence-corrected chi connectivity index (χ2v) is 6.59. The first-order valence-corrected chi connectivity index (χ1v) is 8.51. The van der Waals surface area contributed by atoms with Gasteiger partial charge in [-0.05, 0) is 19.1 Å². The Kier molecular flexibility index (Phi) is 5.13. The molecule has 1 aromatic rings. The van der Waals surface area contributed by atoms with Crippen LogP contribution >= 0.6 is 0 Å². The van der Waals surface area contributed by atoms with Crippen LogP contribution in [0.5, 0.6) is 5.75 Å². The highest BCUT2D eigenvalue weighted by Gasteiger charge is 2.41. The van der Waals surface area contributed by atoms with Crippen LogP contribution in [0.25, 0.3) is 0 Å². The molecule has 2 aliphatic rings.